The molecule has 4 aromatic rings. The number of nitrogens with one attached hydrogen (secondary N) is 3. The molecule has 84 heavy (non-hydrogen) atoms. The van der Waals surface area contributed by atoms with Crippen molar-refractivity contribution in [3.8, 4) is 34.3 Å². The number of aromatic carboxylic acids is 1. The van der Waals surface area contributed by atoms with Crippen LogP contribution in [0.3, 0.4) is 0 Å². The average Bonchev–Trinajstić information content (AvgIpc) is 1.17. The van der Waals surface area contributed by atoms with Crippen molar-refractivity contribution in [3.05, 3.63) is 144 Å². The lowest BCUT2D eigenvalue weighted by Gasteiger charge is -2.21. The van der Waals surface area contributed by atoms with Crippen molar-refractivity contribution in [3.63, 3.8) is 0 Å². The summed E-state index contributed by atoms with van der Waals surface area (Å²) in [6.07, 6.45) is -3.44. The number of hydrogen-bond acceptors (Lipinski definition) is 20. The van der Waals surface area contributed by atoms with Gasteiger partial charge in [-0.25, -0.2) is 28.1 Å². The zero-order valence-electron chi connectivity index (χ0n) is 45.4. The van der Waals surface area contributed by atoms with Crippen molar-refractivity contribution in [2.24, 2.45) is 4.99 Å². The molecule has 0 saturated carbocycles. The first kappa shape index (κ1) is 63.6. The molecule has 0 radical (unpaired) electrons. The van der Waals surface area contributed by atoms with Gasteiger partial charge in [0.2, 0.25) is 0 Å². The largest absolute Gasteiger partial charge is 0.490 e. The number of benzene rings is 4. The van der Waals surface area contributed by atoms with E-state index in [9.17, 15) is 57.9 Å². The second kappa shape index (κ2) is 26.8. The molecule has 10 N–H and O–H groups in total. The van der Waals surface area contributed by atoms with Gasteiger partial charge < -0.3 is 65.0 Å². The molecule has 1 aromatic heterocycles. The van der Waals surface area contributed by atoms with E-state index < -0.39 is 95.4 Å². The highest BCUT2D eigenvalue weighted by atomic mass is 31.3. The quantitative estimate of drug-likeness (QED) is 0.00787. The lowest BCUT2D eigenvalue weighted by molar-refractivity contribution is -0.386. The summed E-state index contributed by atoms with van der Waals surface area (Å²) in [6, 6.07) is 15.6. The topological polar surface area (TPSA) is 425 Å². The van der Waals surface area contributed by atoms with Crippen molar-refractivity contribution in [1.82, 2.24) is 20.2 Å². The number of hydrogen-bond donors (Lipinski definition) is 9. The molecular weight excluding hydrogens is 1170 g/mol. The molecule has 0 spiro atoms. The van der Waals surface area contributed by atoms with Crippen LogP contribution in [0.4, 0.5) is 22.0 Å². The molecule has 1 aliphatic carbocycles. The van der Waals surface area contributed by atoms with Gasteiger partial charge in [0.15, 0.2) is 0 Å². The van der Waals surface area contributed by atoms with E-state index in [0.29, 0.717) is 51.9 Å². The lowest BCUT2D eigenvalue weighted by atomic mass is 9.88. The molecule has 7 rings (SSSR count). The summed E-state index contributed by atoms with van der Waals surface area (Å²) < 4.78 is 71.7. The number of ether oxygens (including phenoxy) is 3. The predicted octanol–water partition coefficient (Wildman–Crippen LogP) is 6.89. The number of rotatable bonds is 23. The summed E-state index contributed by atoms with van der Waals surface area (Å²) in [6.45, 7) is 12.2. The zero-order valence-corrected chi connectivity index (χ0v) is 48.1. The Labute approximate surface area is 477 Å². The van der Waals surface area contributed by atoms with Crippen LogP contribution < -0.4 is 32.7 Å². The van der Waals surface area contributed by atoms with Gasteiger partial charge in [-0.3, -0.25) is 29.0 Å². The number of amides is 2. The minimum Gasteiger partial charge on any atom is -0.478 e. The fraction of sp³-hybridized carbons (Fsp3) is 0.308. The van der Waals surface area contributed by atoms with Crippen LogP contribution in [-0.4, -0.2) is 102 Å². The van der Waals surface area contributed by atoms with Crippen molar-refractivity contribution >= 4 is 69.6 Å². The highest BCUT2D eigenvalue weighted by Gasteiger charge is 2.44. The maximum atomic E-state index is 14.0. The third kappa shape index (κ3) is 15.8. The van der Waals surface area contributed by atoms with Gasteiger partial charge in [0.05, 0.1) is 52.8 Å². The minimum atomic E-state index is -5.83. The smallest absolute Gasteiger partial charge is 0.478 e. The van der Waals surface area contributed by atoms with Crippen LogP contribution in [0.2, 0.25) is 0 Å². The summed E-state index contributed by atoms with van der Waals surface area (Å²) >= 11 is 0. The molecule has 0 bridgehead atoms. The second-order valence-electron chi connectivity index (χ2n) is 18.5. The molecule has 1 saturated heterocycles. The first-order valence-corrected chi connectivity index (χ1v) is 29.8. The Morgan fingerprint density at radius 1 is 1.01 bits per heavy atom. The Morgan fingerprint density at radius 2 is 1.76 bits per heavy atom. The van der Waals surface area contributed by atoms with Crippen LogP contribution in [0.25, 0.3) is 33.4 Å². The molecule has 446 valence electrons. The highest BCUT2D eigenvalue weighted by molar-refractivity contribution is 7.66. The number of carboxylic acid groups (broad SMARTS) is 1. The number of aryl methyl sites for hydroxylation is 2. The van der Waals surface area contributed by atoms with Crippen LogP contribution in [-0.2, 0) is 47.6 Å². The number of fused-ring (bicyclic) bond motifs is 2. The number of nitrogens with two attached hydrogens (primary N) is 1. The van der Waals surface area contributed by atoms with E-state index in [2.05, 4.69) is 53.0 Å². The first-order valence-electron chi connectivity index (χ1n) is 25.3. The SMILES string of the molecule is C=CCOC1CC(n2cc(C#CCNC(=O)OC(C)c3cc(CNC(=O)c4ccc(C(=O)O)c(-c5c6cc(C)c(=NCC)cc-6oc6cc(NCC)c(C)cc56)c4)ccc3[N+](=O)[O-])c(N)nc2=O)OC1COP(=O)(O)OP(=O)(O)OP(=O)(O)O. The number of nitrogens with zero attached hydrogens (tertiary/aromatic N) is 4. The molecule has 3 heterocycles. The summed E-state index contributed by atoms with van der Waals surface area (Å²) in [5.74, 6) is 3.53. The van der Waals surface area contributed by atoms with E-state index in [-0.39, 0.29) is 53.2 Å². The Morgan fingerprint density at radius 3 is 2.44 bits per heavy atom. The van der Waals surface area contributed by atoms with E-state index in [4.69, 9.17) is 38.7 Å². The number of carbonyl (C=O) groups is 3. The van der Waals surface area contributed by atoms with E-state index in [1.165, 1.54) is 49.4 Å². The van der Waals surface area contributed by atoms with Gasteiger partial charge in [-0.15, -0.1) is 6.58 Å². The maximum Gasteiger partial charge on any atom is 0.490 e. The van der Waals surface area contributed by atoms with Gasteiger partial charge in [-0.1, -0.05) is 24.0 Å². The fourth-order valence-electron chi connectivity index (χ4n) is 8.93. The Bertz CT molecular complexity index is 3890. The van der Waals surface area contributed by atoms with Crippen molar-refractivity contribution in [2.45, 2.75) is 72.1 Å². The Hall–Kier alpha value is -7.93. The number of phosphoric ester groups is 1. The van der Waals surface area contributed by atoms with Crippen LogP contribution in [0.5, 0.6) is 0 Å². The summed E-state index contributed by atoms with van der Waals surface area (Å²) in [5.41, 5.74) is 9.28. The zero-order chi connectivity index (χ0) is 61.4. The van der Waals surface area contributed by atoms with E-state index in [0.717, 1.165) is 27.6 Å². The van der Waals surface area contributed by atoms with Crippen molar-refractivity contribution in [2.75, 3.05) is 43.9 Å². The maximum absolute atomic E-state index is 14.0. The number of aromatic nitrogens is 2. The standard InChI is InChI=1S/C52H57N8O21P3/c1-7-17-75-44-24-46(79-45(44)27-76-83(71,72)81-84(73,74)80-82(68,69)70)59-26-33(48(53)58-51(59)64)11-10-16-56-52(65)77-30(6)35-20-31(12-15-41(35)60(66)67)25-57-49(61)32-13-14-34(50(62)63)36(21-32)47-37-18-28(4)39(54-8-2)22-42(37)78-43-23-40(55-9-3)29(5)19-38(43)47/h7,12-15,18-23,26,30,44-46,54H,1,8-9,16-17,24-25,27H2,2-6H3,(H,56,65)(H,57,61)(H,62,63)(H,71,72)(H,73,74)(H2,53,58,64)(H2,68,69,70). The van der Waals surface area contributed by atoms with Crippen LogP contribution in [0.1, 0.15) is 88.1 Å². The molecule has 3 aliphatic rings. The molecule has 1 fully saturated rings. The fourth-order valence-corrected chi connectivity index (χ4v) is 12.0. The molecular formula is C52H57N8O21P3. The predicted molar refractivity (Wildman–Crippen MR) is 300 cm³/mol. The lowest BCUT2D eigenvalue weighted by Crippen LogP contribution is -2.30. The highest BCUT2D eigenvalue weighted by Crippen LogP contribution is 2.66. The molecule has 6 unspecified atom stereocenters. The van der Waals surface area contributed by atoms with Crippen molar-refractivity contribution in [1.29, 1.82) is 0 Å². The number of alkyl carbamates (subject to hydrolysis) is 1. The summed E-state index contributed by atoms with van der Waals surface area (Å²) in [7, 11) is -17.1. The van der Waals surface area contributed by atoms with E-state index in [1.807, 2.05) is 45.9 Å². The third-order valence-electron chi connectivity index (χ3n) is 12.6. The third-order valence-corrected chi connectivity index (χ3v) is 16.4. The molecule has 29 nitrogen and oxygen atoms in total. The van der Waals surface area contributed by atoms with Gasteiger partial charge in [0, 0.05) is 78.2 Å². The molecule has 6 atom stereocenters. The van der Waals surface area contributed by atoms with E-state index in [1.54, 1.807) is 6.07 Å². The minimum absolute atomic E-state index is 0.0317. The summed E-state index contributed by atoms with van der Waals surface area (Å²) in [5, 5.41) is 32.5. The number of phosphoric acid groups is 3. The monoisotopic (exact) mass is 1220 g/mol. The van der Waals surface area contributed by atoms with E-state index >= 15 is 0 Å². The number of anilines is 2. The van der Waals surface area contributed by atoms with Gasteiger partial charge in [0.25, 0.3) is 11.6 Å². The molecule has 2 aliphatic heterocycles. The molecule has 3 aromatic carbocycles. The average molecular weight is 1220 g/mol. The van der Waals surface area contributed by atoms with Crippen molar-refractivity contribution < 1.29 is 89.5 Å². The molecule has 32 heteroatoms. The number of nitro benzene ring substituents is 1. The van der Waals surface area contributed by atoms with Crippen LogP contribution >= 0.6 is 23.5 Å². The number of carboxylic acids is 1. The molecule has 2 amide bonds. The number of nitrogen functional groups attached to an aromatic ring is 1. The van der Waals surface area contributed by atoms with Crippen LogP contribution in [0.15, 0.2) is 93.7 Å². The Kier molecular flexibility index (Phi) is 20.3. The normalized spacial score (nSPS) is 17.1. The number of carbonyl (C=O) groups excluding carboxylic acids is 2. The first-order chi connectivity index (χ1) is 39.6. The van der Waals surface area contributed by atoms with Gasteiger partial charge in [-0.05, 0) is 93.3 Å². The van der Waals surface area contributed by atoms with Gasteiger partial charge in [0.1, 0.15) is 35.6 Å². The summed E-state index contributed by atoms with van der Waals surface area (Å²) in [4.78, 5) is 110. The van der Waals surface area contributed by atoms with Gasteiger partial charge >= 0.3 is 41.2 Å². The number of nitro groups is 1. The second-order valence-corrected chi connectivity index (χ2v) is 22.9. The van der Waals surface area contributed by atoms with Crippen LogP contribution in [0, 0.1) is 35.8 Å². The van der Waals surface area contributed by atoms with Gasteiger partial charge in [-0.2, -0.15) is 13.6 Å². The Balaban J connectivity index is 1.04.